The number of aromatic nitrogens is 2. The van der Waals surface area contributed by atoms with Gasteiger partial charge in [0.1, 0.15) is 0 Å². The lowest BCUT2D eigenvalue weighted by molar-refractivity contribution is -0.121. The lowest BCUT2D eigenvalue weighted by Gasteiger charge is -2.48. The molecule has 1 aromatic heterocycles. The number of H-pyrrole nitrogens is 1. The van der Waals surface area contributed by atoms with E-state index in [4.69, 9.17) is 0 Å². The van der Waals surface area contributed by atoms with Crippen LogP contribution in [0.1, 0.15) is 76.2 Å². The first-order chi connectivity index (χ1) is 16.7. The van der Waals surface area contributed by atoms with Crippen LogP contribution in [-0.4, -0.2) is 45.8 Å². The summed E-state index contributed by atoms with van der Waals surface area (Å²) in [5, 5.41) is 24.1. The summed E-state index contributed by atoms with van der Waals surface area (Å²) in [6, 6.07) is 9.14. The lowest BCUT2D eigenvalue weighted by atomic mass is 9.83. The van der Waals surface area contributed by atoms with Gasteiger partial charge in [-0.2, -0.15) is 5.10 Å². The number of hydrogen-bond donors (Lipinski definition) is 4. The average molecular weight is 512 g/mol. The van der Waals surface area contributed by atoms with Crippen molar-refractivity contribution in [2.75, 3.05) is 5.32 Å². The Balaban J connectivity index is 1.54. The molecule has 36 heavy (non-hydrogen) atoms. The number of anilines is 1. The molecule has 0 radical (unpaired) electrons. The van der Waals surface area contributed by atoms with Crippen LogP contribution in [0.3, 0.4) is 0 Å². The smallest absolute Gasteiger partial charge is 0.318 e. The SMILES string of the molecule is CC(C)(O)C[C@@H](NC(=O)N1Cc2c(NC(=O)C3([Si](C)(C)C)CCC3)n[nH]c2C1(C)C)c1ccccc1. The minimum absolute atomic E-state index is 0.0669. The number of benzene rings is 1. The van der Waals surface area contributed by atoms with Crippen LogP contribution in [0, 0.1) is 0 Å². The van der Waals surface area contributed by atoms with Crippen LogP contribution in [-0.2, 0) is 16.9 Å². The lowest BCUT2D eigenvalue weighted by Crippen LogP contribution is -2.52. The van der Waals surface area contributed by atoms with E-state index < -0.39 is 19.2 Å². The fourth-order valence-corrected chi connectivity index (χ4v) is 8.28. The maximum Gasteiger partial charge on any atom is 0.318 e. The Morgan fingerprint density at radius 1 is 1.19 bits per heavy atom. The second-order valence-corrected chi connectivity index (χ2v) is 18.1. The highest BCUT2D eigenvalue weighted by Gasteiger charge is 2.54. The van der Waals surface area contributed by atoms with Gasteiger partial charge in [0.25, 0.3) is 0 Å². The molecule has 1 aliphatic heterocycles. The number of hydrogen-bond acceptors (Lipinski definition) is 4. The first-order valence-electron chi connectivity index (χ1n) is 12.9. The molecule has 9 heteroatoms. The van der Waals surface area contributed by atoms with Crippen LogP contribution in [0.25, 0.3) is 0 Å². The number of aromatic amines is 1. The van der Waals surface area contributed by atoms with Crippen molar-refractivity contribution in [2.24, 2.45) is 0 Å². The third kappa shape index (κ3) is 4.70. The number of amides is 3. The molecule has 1 fully saturated rings. The maximum absolute atomic E-state index is 13.6. The Morgan fingerprint density at radius 2 is 1.83 bits per heavy atom. The van der Waals surface area contributed by atoms with E-state index in [2.05, 4.69) is 40.5 Å². The fraction of sp³-hybridized carbons (Fsp3) is 0.593. The van der Waals surface area contributed by atoms with Gasteiger partial charge >= 0.3 is 6.03 Å². The number of urea groups is 1. The highest BCUT2D eigenvalue weighted by molar-refractivity contribution is 6.83. The molecule has 1 aliphatic carbocycles. The van der Waals surface area contributed by atoms with Crippen LogP contribution < -0.4 is 10.6 Å². The number of carbonyl (C=O) groups is 2. The van der Waals surface area contributed by atoms with E-state index in [0.29, 0.717) is 18.8 Å². The van der Waals surface area contributed by atoms with Gasteiger partial charge < -0.3 is 20.6 Å². The number of nitrogens with zero attached hydrogens (tertiary/aromatic N) is 2. The molecule has 1 atom stereocenters. The molecular formula is C27H41N5O3Si. The van der Waals surface area contributed by atoms with Gasteiger partial charge in [-0.15, -0.1) is 0 Å². The molecule has 8 nitrogen and oxygen atoms in total. The number of fused-ring (bicyclic) bond motifs is 1. The summed E-state index contributed by atoms with van der Waals surface area (Å²) in [5.74, 6) is 0.594. The fourth-order valence-electron chi connectivity index (χ4n) is 5.68. The van der Waals surface area contributed by atoms with E-state index in [-0.39, 0.29) is 23.0 Å². The zero-order valence-electron chi connectivity index (χ0n) is 22.7. The van der Waals surface area contributed by atoms with Gasteiger partial charge in [0.05, 0.1) is 37.5 Å². The minimum atomic E-state index is -1.72. The summed E-state index contributed by atoms with van der Waals surface area (Å²) in [6.45, 7) is 14.6. The van der Waals surface area contributed by atoms with Crippen molar-refractivity contribution in [1.29, 1.82) is 0 Å². The van der Waals surface area contributed by atoms with Crippen molar-refractivity contribution in [3.63, 3.8) is 0 Å². The zero-order chi connectivity index (χ0) is 26.5. The Labute approximate surface area is 215 Å². The van der Waals surface area contributed by atoms with E-state index >= 15 is 0 Å². The summed E-state index contributed by atoms with van der Waals surface area (Å²) >= 11 is 0. The second kappa shape index (κ2) is 9.02. The Bertz CT molecular complexity index is 1130. The van der Waals surface area contributed by atoms with E-state index in [1.54, 1.807) is 18.7 Å². The molecule has 3 amide bonds. The number of rotatable bonds is 7. The molecule has 196 valence electrons. The molecule has 2 aliphatic rings. The summed E-state index contributed by atoms with van der Waals surface area (Å²) in [5.41, 5.74) is 1.04. The minimum Gasteiger partial charge on any atom is -0.390 e. The van der Waals surface area contributed by atoms with Gasteiger partial charge in [0.15, 0.2) is 5.82 Å². The molecule has 4 rings (SSSR count). The van der Waals surface area contributed by atoms with Crippen LogP contribution in [0.4, 0.5) is 10.6 Å². The van der Waals surface area contributed by atoms with Gasteiger partial charge in [-0.25, -0.2) is 4.79 Å². The second-order valence-electron chi connectivity index (χ2n) is 12.6. The highest BCUT2D eigenvalue weighted by atomic mass is 28.3. The summed E-state index contributed by atoms with van der Waals surface area (Å²) < 4.78 is 0. The third-order valence-electron chi connectivity index (χ3n) is 8.23. The monoisotopic (exact) mass is 511 g/mol. The standard InChI is InChI=1S/C27H41N5O3Si/c1-25(2,35)16-20(18-12-9-8-10-13-18)28-24(34)32-17-19-21(26(32,3)4)30-31-22(19)29-23(33)27(14-11-15-27)36(5,6)7/h8-10,12-13,20,35H,11,14-17H2,1-7H3,(H,28,34)(H2,29,30,31,33)/t20-/m1/s1. The van der Waals surface area contributed by atoms with E-state index in [1.165, 1.54) is 0 Å². The normalized spacial score (nSPS) is 19.3. The van der Waals surface area contributed by atoms with Gasteiger partial charge in [0, 0.05) is 17.0 Å². The zero-order valence-corrected chi connectivity index (χ0v) is 23.7. The molecule has 1 aromatic carbocycles. The largest absolute Gasteiger partial charge is 0.390 e. The Kier molecular flexibility index (Phi) is 6.62. The van der Waals surface area contributed by atoms with Crippen molar-refractivity contribution in [1.82, 2.24) is 20.4 Å². The average Bonchev–Trinajstić information content (AvgIpc) is 3.23. The molecule has 0 bridgehead atoms. The van der Waals surface area contributed by atoms with Gasteiger partial charge in [0.2, 0.25) is 5.91 Å². The van der Waals surface area contributed by atoms with Crippen LogP contribution in [0.5, 0.6) is 0 Å². The van der Waals surface area contributed by atoms with E-state index in [0.717, 1.165) is 36.1 Å². The Hall–Kier alpha value is -2.65. The first kappa shape index (κ1) is 26.4. The summed E-state index contributed by atoms with van der Waals surface area (Å²) in [6.07, 6.45) is 3.33. The Morgan fingerprint density at radius 3 is 2.36 bits per heavy atom. The predicted molar refractivity (Wildman–Crippen MR) is 144 cm³/mol. The van der Waals surface area contributed by atoms with Crippen LogP contribution in [0.2, 0.25) is 24.7 Å². The van der Waals surface area contributed by atoms with E-state index in [1.807, 2.05) is 44.2 Å². The summed E-state index contributed by atoms with van der Waals surface area (Å²) in [4.78, 5) is 28.8. The molecule has 4 N–H and O–H groups in total. The van der Waals surface area contributed by atoms with Crippen LogP contribution >= 0.6 is 0 Å². The molecule has 1 saturated carbocycles. The van der Waals surface area contributed by atoms with Crippen molar-refractivity contribution in [3.8, 4) is 0 Å². The quantitative estimate of drug-likeness (QED) is 0.379. The number of nitrogens with one attached hydrogen (secondary N) is 3. The predicted octanol–water partition coefficient (Wildman–Crippen LogP) is 5.27. The van der Waals surface area contributed by atoms with Crippen molar-refractivity contribution in [3.05, 3.63) is 47.2 Å². The van der Waals surface area contributed by atoms with E-state index in [9.17, 15) is 14.7 Å². The molecule has 2 heterocycles. The summed E-state index contributed by atoms with van der Waals surface area (Å²) in [7, 11) is -1.72. The van der Waals surface area contributed by atoms with Gasteiger partial charge in [-0.3, -0.25) is 9.89 Å². The molecule has 0 spiro atoms. The van der Waals surface area contributed by atoms with Crippen molar-refractivity contribution >= 4 is 25.8 Å². The topological polar surface area (TPSA) is 110 Å². The van der Waals surface area contributed by atoms with Crippen molar-refractivity contribution < 1.29 is 14.7 Å². The molecule has 0 saturated heterocycles. The van der Waals surface area contributed by atoms with Gasteiger partial charge in [-0.1, -0.05) is 56.4 Å². The first-order valence-corrected chi connectivity index (χ1v) is 16.4. The molecule has 2 aromatic rings. The third-order valence-corrected chi connectivity index (χ3v) is 11.8. The highest BCUT2D eigenvalue weighted by Crippen LogP contribution is 2.56. The van der Waals surface area contributed by atoms with Gasteiger partial charge in [-0.05, 0) is 46.1 Å². The molecular weight excluding hydrogens is 470 g/mol. The number of aliphatic hydroxyl groups is 1. The van der Waals surface area contributed by atoms with Crippen molar-refractivity contribution in [2.45, 2.75) is 102 Å². The van der Waals surface area contributed by atoms with Crippen LogP contribution in [0.15, 0.2) is 30.3 Å². The maximum atomic E-state index is 13.6. The number of carbonyl (C=O) groups excluding carboxylic acids is 2. The molecule has 0 unspecified atom stereocenters.